The Hall–Kier alpha value is -1.79. The fourth-order valence-corrected chi connectivity index (χ4v) is 3.30. The summed E-state index contributed by atoms with van der Waals surface area (Å²) in [4.78, 5) is -0.0207. The molecule has 0 spiro atoms. The van der Waals surface area contributed by atoms with Gasteiger partial charge in [0, 0.05) is 0 Å². The number of nitrogens with two attached hydrogens (primary N) is 1. The molecule has 0 saturated carbocycles. The molecule has 0 aromatic heterocycles. The quantitative estimate of drug-likeness (QED) is 0.433. The maximum atomic E-state index is 11.4. The second kappa shape index (κ2) is 7.08. The minimum atomic E-state index is -3.81. The third-order valence-corrected chi connectivity index (χ3v) is 5.12. The first-order valence-electron chi connectivity index (χ1n) is 7.74. The molecule has 142 valence electrons. The van der Waals surface area contributed by atoms with Crippen molar-refractivity contribution < 1.29 is 38.3 Å². The highest BCUT2D eigenvalue weighted by atomic mass is 32.2. The van der Waals surface area contributed by atoms with Gasteiger partial charge in [-0.3, -0.25) is 0 Å². The topological polar surface area (TPSA) is 160 Å². The molecule has 10 heteroatoms. The van der Waals surface area contributed by atoms with E-state index in [9.17, 15) is 28.8 Å². The lowest BCUT2D eigenvalue weighted by Crippen LogP contribution is -2.60. The lowest BCUT2D eigenvalue weighted by Gasteiger charge is -2.39. The smallest absolute Gasteiger partial charge is 0.238 e. The molecule has 1 aliphatic rings. The number of hydrogen-bond acceptors (Lipinski definition) is 8. The highest BCUT2D eigenvalue weighted by Crippen LogP contribution is 2.27. The average Bonchev–Trinajstić information content (AvgIpc) is 2.61. The molecule has 2 aromatic rings. The Morgan fingerprint density at radius 1 is 1.00 bits per heavy atom. The van der Waals surface area contributed by atoms with Gasteiger partial charge in [-0.25, -0.2) is 13.6 Å². The molecule has 9 nitrogen and oxygen atoms in total. The molecule has 5 atom stereocenters. The molecule has 1 heterocycles. The zero-order chi connectivity index (χ0) is 19.1. The van der Waals surface area contributed by atoms with Crippen LogP contribution in [0.15, 0.2) is 41.3 Å². The Bertz CT molecular complexity index is 900. The largest absolute Gasteiger partial charge is 0.462 e. The van der Waals surface area contributed by atoms with Crippen LogP contribution in [-0.4, -0.2) is 66.2 Å². The molecule has 3 rings (SSSR count). The maximum Gasteiger partial charge on any atom is 0.238 e. The summed E-state index contributed by atoms with van der Waals surface area (Å²) in [7, 11) is -3.81. The van der Waals surface area contributed by atoms with E-state index in [1.807, 2.05) is 0 Å². The van der Waals surface area contributed by atoms with E-state index in [2.05, 4.69) is 0 Å². The molecular formula is C16H19NO8S. The second-order valence-electron chi connectivity index (χ2n) is 6.03. The minimum Gasteiger partial charge on any atom is -0.462 e. The average molecular weight is 385 g/mol. The molecule has 0 radical (unpaired) electrons. The van der Waals surface area contributed by atoms with Crippen molar-refractivity contribution in [1.82, 2.24) is 0 Å². The van der Waals surface area contributed by atoms with Gasteiger partial charge in [-0.2, -0.15) is 0 Å². The van der Waals surface area contributed by atoms with Gasteiger partial charge in [0.15, 0.2) is 0 Å². The van der Waals surface area contributed by atoms with Crippen LogP contribution in [-0.2, 0) is 14.8 Å². The highest BCUT2D eigenvalue weighted by molar-refractivity contribution is 7.89. The zero-order valence-corrected chi connectivity index (χ0v) is 14.3. The number of primary sulfonamides is 1. The monoisotopic (exact) mass is 385 g/mol. The van der Waals surface area contributed by atoms with Crippen LogP contribution in [0.5, 0.6) is 5.75 Å². The molecular weight excluding hydrogens is 366 g/mol. The summed E-state index contributed by atoms with van der Waals surface area (Å²) in [6.45, 7) is -0.557. The lowest BCUT2D eigenvalue weighted by atomic mass is 9.99. The SMILES string of the molecule is NS(=O)(=O)c1ccc2cc(O[C@@H]3O[C@H](CO)[C@@H](O)[C@H](O)[C@H]3O)ccc2c1. The van der Waals surface area contributed by atoms with Crippen LogP contribution >= 0.6 is 0 Å². The Balaban J connectivity index is 1.84. The summed E-state index contributed by atoms with van der Waals surface area (Å²) in [6.07, 6.45) is -6.90. The molecule has 6 N–H and O–H groups in total. The van der Waals surface area contributed by atoms with Crippen LogP contribution < -0.4 is 9.88 Å². The number of ether oxygens (including phenoxy) is 2. The van der Waals surface area contributed by atoms with Crippen LogP contribution in [0.3, 0.4) is 0 Å². The van der Waals surface area contributed by atoms with Crippen LogP contribution in [0.2, 0.25) is 0 Å². The third kappa shape index (κ3) is 3.67. The Labute approximate surface area is 149 Å². The molecule has 0 amide bonds. The Morgan fingerprint density at radius 2 is 1.65 bits per heavy atom. The molecule has 1 fully saturated rings. The summed E-state index contributed by atoms with van der Waals surface area (Å²) in [5, 5.41) is 45.1. The van der Waals surface area contributed by atoms with Crippen molar-refractivity contribution in [2.75, 3.05) is 6.61 Å². The van der Waals surface area contributed by atoms with Crippen molar-refractivity contribution in [3.05, 3.63) is 36.4 Å². The first-order chi connectivity index (χ1) is 12.2. The van der Waals surface area contributed by atoms with Crippen LogP contribution in [0.4, 0.5) is 0 Å². The maximum absolute atomic E-state index is 11.4. The molecule has 0 unspecified atom stereocenters. The Kier molecular flexibility index (Phi) is 5.17. The van der Waals surface area contributed by atoms with Crippen LogP contribution in [0.25, 0.3) is 10.8 Å². The van der Waals surface area contributed by atoms with E-state index < -0.39 is 47.3 Å². The normalized spacial score (nSPS) is 29.7. The van der Waals surface area contributed by atoms with Crippen molar-refractivity contribution in [3.63, 3.8) is 0 Å². The first-order valence-corrected chi connectivity index (χ1v) is 9.29. The van der Waals surface area contributed by atoms with E-state index in [-0.39, 0.29) is 10.6 Å². The summed E-state index contributed by atoms with van der Waals surface area (Å²) in [6, 6.07) is 9.04. The predicted molar refractivity (Wildman–Crippen MR) is 89.7 cm³/mol. The minimum absolute atomic E-state index is 0.0207. The predicted octanol–water partition coefficient (Wildman–Crippen LogP) is -1.33. The third-order valence-electron chi connectivity index (χ3n) is 4.21. The van der Waals surface area contributed by atoms with Crippen LogP contribution in [0.1, 0.15) is 0 Å². The number of hydrogen-bond donors (Lipinski definition) is 5. The van der Waals surface area contributed by atoms with E-state index in [1.165, 1.54) is 18.2 Å². The fraction of sp³-hybridized carbons (Fsp3) is 0.375. The van der Waals surface area contributed by atoms with E-state index in [4.69, 9.17) is 14.6 Å². The molecule has 0 aliphatic carbocycles. The van der Waals surface area contributed by atoms with Crippen molar-refractivity contribution in [3.8, 4) is 5.75 Å². The van der Waals surface area contributed by atoms with Crippen molar-refractivity contribution >= 4 is 20.8 Å². The van der Waals surface area contributed by atoms with Crippen molar-refractivity contribution in [1.29, 1.82) is 0 Å². The molecule has 26 heavy (non-hydrogen) atoms. The molecule has 1 aliphatic heterocycles. The van der Waals surface area contributed by atoms with E-state index in [1.54, 1.807) is 18.2 Å². The summed E-state index contributed by atoms with van der Waals surface area (Å²) in [5.41, 5.74) is 0. The summed E-state index contributed by atoms with van der Waals surface area (Å²) < 4.78 is 33.6. The fourth-order valence-electron chi connectivity index (χ4n) is 2.75. The van der Waals surface area contributed by atoms with Gasteiger partial charge in [-0.05, 0) is 35.0 Å². The van der Waals surface area contributed by atoms with Gasteiger partial charge in [0.2, 0.25) is 16.3 Å². The number of benzene rings is 2. The molecule has 0 bridgehead atoms. The number of rotatable bonds is 4. The number of aliphatic hydroxyl groups excluding tert-OH is 4. The van der Waals surface area contributed by atoms with Gasteiger partial charge in [0.05, 0.1) is 11.5 Å². The summed E-state index contributed by atoms with van der Waals surface area (Å²) >= 11 is 0. The Morgan fingerprint density at radius 3 is 2.31 bits per heavy atom. The molecule has 1 saturated heterocycles. The van der Waals surface area contributed by atoms with Crippen molar-refractivity contribution in [2.45, 2.75) is 35.6 Å². The first kappa shape index (κ1) is 19.0. The van der Waals surface area contributed by atoms with Gasteiger partial charge in [0.1, 0.15) is 30.2 Å². The molecule has 2 aromatic carbocycles. The van der Waals surface area contributed by atoms with Gasteiger partial charge < -0.3 is 29.9 Å². The number of aliphatic hydroxyl groups is 4. The van der Waals surface area contributed by atoms with E-state index >= 15 is 0 Å². The van der Waals surface area contributed by atoms with Gasteiger partial charge >= 0.3 is 0 Å². The number of fused-ring (bicyclic) bond motifs is 1. The lowest BCUT2D eigenvalue weighted by molar-refractivity contribution is -0.277. The van der Waals surface area contributed by atoms with Gasteiger partial charge in [-0.1, -0.05) is 12.1 Å². The van der Waals surface area contributed by atoms with Gasteiger partial charge in [-0.15, -0.1) is 0 Å². The van der Waals surface area contributed by atoms with Gasteiger partial charge in [0.25, 0.3) is 0 Å². The van der Waals surface area contributed by atoms with E-state index in [0.717, 1.165) is 0 Å². The standard InChI is InChI=1S/C16H19NO8S/c17-26(22,23)11-4-2-8-5-10(3-1-9(8)6-11)24-16-15(21)14(20)13(19)12(7-18)25-16/h1-6,12-16,18-21H,7H2,(H2,17,22,23)/t12-,13-,14+,15-,16-/m1/s1. The van der Waals surface area contributed by atoms with Crippen molar-refractivity contribution in [2.24, 2.45) is 5.14 Å². The number of sulfonamides is 1. The van der Waals surface area contributed by atoms with E-state index in [0.29, 0.717) is 10.8 Å². The second-order valence-corrected chi connectivity index (χ2v) is 7.59. The highest BCUT2D eigenvalue weighted by Gasteiger charge is 2.44. The summed E-state index contributed by atoms with van der Waals surface area (Å²) in [5.74, 6) is 0.283. The zero-order valence-electron chi connectivity index (χ0n) is 13.5. The van der Waals surface area contributed by atoms with Crippen LogP contribution in [0, 0.1) is 0 Å².